The lowest BCUT2D eigenvalue weighted by molar-refractivity contribution is -0.152. The third-order valence-electron chi connectivity index (χ3n) is 6.27. The first-order valence-corrected chi connectivity index (χ1v) is 10.7. The summed E-state index contributed by atoms with van der Waals surface area (Å²) in [4.78, 5) is 42.6. The summed E-state index contributed by atoms with van der Waals surface area (Å²) in [6.45, 7) is 1.58. The Morgan fingerprint density at radius 3 is 2.35 bits per heavy atom. The van der Waals surface area contributed by atoms with E-state index in [1.165, 1.54) is 10.5 Å². The van der Waals surface area contributed by atoms with Gasteiger partial charge in [0.15, 0.2) is 0 Å². The number of benzene rings is 1. The van der Waals surface area contributed by atoms with Crippen LogP contribution in [-0.4, -0.2) is 90.7 Å². The lowest BCUT2D eigenvalue weighted by atomic mass is 9.85. The van der Waals surface area contributed by atoms with E-state index in [2.05, 4.69) is 12.1 Å². The molecule has 2 heterocycles. The first-order valence-electron chi connectivity index (χ1n) is 10.7. The maximum atomic E-state index is 13.4. The second-order valence-corrected chi connectivity index (χ2v) is 8.61. The van der Waals surface area contributed by atoms with Crippen molar-refractivity contribution in [2.75, 3.05) is 40.8 Å². The largest absolute Gasteiger partial charge is 0.445 e. The fourth-order valence-electron chi connectivity index (χ4n) is 4.60. The van der Waals surface area contributed by atoms with Crippen molar-refractivity contribution in [2.45, 2.75) is 37.3 Å². The number of hydrogen-bond acceptors (Lipinski definition) is 6. The molecule has 1 aromatic rings. The van der Waals surface area contributed by atoms with E-state index in [-0.39, 0.29) is 12.3 Å². The van der Waals surface area contributed by atoms with Gasteiger partial charge in [0.2, 0.25) is 11.8 Å². The average Bonchev–Trinajstić information content (AvgIpc) is 2.78. The van der Waals surface area contributed by atoms with E-state index in [9.17, 15) is 19.6 Å². The molecule has 3 amide bonds. The van der Waals surface area contributed by atoms with Crippen LogP contribution >= 0.6 is 0 Å². The molecular formula is C22H32N4O5. The highest BCUT2D eigenvalue weighted by atomic mass is 16.6. The van der Waals surface area contributed by atoms with Crippen LogP contribution in [0.1, 0.15) is 30.7 Å². The van der Waals surface area contributed by atoms with E-state index in [1.54, 1.807) is 31.5 Å². The Morgan fingerprint density at radius 1 is 1.13 bits per heavy atom. The summed E-state index contributed by atoms with van der Waals surface area (Å²) in [6.07, 6.45) is 0.857. The number of likely N-dealkylation sites (tertiary alicyclic amines) is 2. The first-order chi connectivity index (χ1) is 14.8. The van der Waals surface area contributed by atoms with Gasteiger partial charge in [0.1, 0.15) is 12.1 Å². The zero-order chi connectivity index (χ0) is 22.5. The summed E-state index contributed by atoms with van der Waals surface area (Å²) >= 11 is 0. The van der Waals surface area contributed by atoms with Crippen LogP contribution in [0.2, 0.25) is 0 Å². The van der Waals surface area contributed by atoms with Crippen LogP contribution in [0.5, 0.6) is 0 Å². The highest BCUT2D eigenvalue weighted by molar-refractivity contribution is 5.90. The van der Waals surface area contributed by atoms with Gasteiger partial charge in [0.05, 0.1) is 5.92 Å². The highest BCUT2D eigenvalue weighted by Gasteiger charge is 2.45. The fourth-order valence-corrected chi connectivity index (χ4v) is 4.60. The van der Waals surface area contributed by atoms with Gasteiger partial charge in [-0.05, 0) is 37.8 Å². The number of likely N-dealkylation sites (N-methyl/N-ethyl adjacent to an activating group) is 1. The molecule has 3 rings (SSSR count). The second-order valence-electron chi connectivity index (χ2n) is 8.61. The summed E-state index contributed by atoms with van der Waals surface area (Å²) in [5, 5.41) is 9.24. The molecule has 3 atom stereocenters. The maximum absolute atomic E-state index is 13.4. The molecule has 31 heavy (non-hydrogen) atoms. The molecule has 2 N–H and O–H groups in total. The van der Waals surface area contributed by atoms with Gasteiger partial charge in [0, 0.05) is 33.7 Å². The van der Waals surface area contributed by atoms with Gasteiger partial charge in [-0.2, -0.15) is 0 Å². The van der Waals surface area contributed by atoms with Crippen molar-refractivity contribution in [1.29, 1.82) is 0 Å². The number of carbonyl (C=O) groups excluding carboxylic acids is 3. The summed E-state index contributed by atoms with van der Waals surface area (Å²) in [6, 6.07) is 9.58. The molecule has 2 saturated heterocycles. The molecule has 1 aromatic carbocycles. The number of nitrogens with one attached hydrogen (secondary N) is 1. The van der Waals surface area contributed by atoms with Crippen LogP contribution in [-0.2, 0) is 14.3 Å². The van der Waals surface area contributed by atoms with Gasteiger partial charge in [-0.3, -0.25) is 19.7 Å². The van der Waals surface area contributed by atoms with E-state index >= 15 is 0 Å². The monoisotopic (exact) mass is 432 g/mol. The van der Waals surface area contributed by atoms with Crippen molar-refractivity contribution < 1.29 is 24.3 Å². The van der Waals surface area contributed by atoms with Crippen molar-refractivity contribution in [3.05, 3.63) is 35.9 Å². The van der Waals surface area contributed by atoms with Crippen molar-refractivity contribution in [3.63, 3.8) is 0 Å². The number of ether oxygens (including phenoxy) is 1. The average molecular weight is 433 g/mol. The SMILES string of the molecule is CN(C)C(=O)OC1CC(C(=O)NO)C(C(=O)N2CCC(c3ccccc3)CC2)N(C)C1. The van der Waals surface area contributed by atoms with Crippen LogP contribution < -0.4 is 5.48 Å². The number of amides is 3. The molecule has 3 unspecified atom stereocenters. The summed E-state index contributed by atoms with van der Waals surface area (Å²) < 4.78 is 5.44. The van der Waals surface area contributed by atoms with Crippen LogP contribution in [0.15, 0.2) is 30.3 Å². The number of piperidine rings is 2. The molecule has 0 aromatic heterocycles. The van der Waals surface area contributed by atoms with Crippen LogP contribution in [0.25, 0.3) is 0 Å². The van der Waals surface area contributed by atoms with Gasteiger partial charge in [0.25, 0.3) is 0 Å². The number of hydroxylamine groups is 1. The normalized spacial score (nSPS) is 25.0. The zero-order valence-corrected chi connectivity index (χ0v) is 18.4. The fraction of sp³-hybridized carbons (Fsp3) is 0.591. The number of nitrogens with zero attached hydrogens (tertiary/aromatic N) is 3. The zero-order valence-electron chi connectivity index (χ0n) is 18.4. The minimum Gasteiger partial charge on any atom is -0.445 e. The third kappa shape index (κ3) is 5.34. The van der Waals surface area contributed by atoms with Crippen LogP contribution in [0.4, 0.5) is 4.79 Å². The quantitative estimate of drug-likeness (QED) is 0.549. The summed E-state index contributed by atoms with van der Waals surface area (Å²) in [5.74, 6) is -1.17. The Morgan fingerprint density at radius 2 is 1.77 bits per heavy atom. The Balaban J connectivity index is 1.67. The number of hydrogen-bond donors (Lipinski definition) is 2. The standard InChI is InChI=1S/C22H32N4O5/c1-24(2)22(29)31-17-13-18(20(27)23-30)19(25(3)14-17)21(28)26-11-9-16(10-12-26)15-7-5-4-6-8-15/h4-8,16-19,30H,9-14H2,1-3H3,(H,23,27). The van der Waals surface area contributed by atoms with Gasteiger partial charge in [-0.1, -0.05) is 30.3 Å². The van der Waals surface area contributed by atoms with Crippen molar-refractivity contribution >= 4 is 17.9 Å². The third-order valence-corrected chi connectivity index (χ3v) is 6.27. The topological polar surface area (TPSA) is 102 Å². The molecule has 9 nitrogen and oxygen atoms in total. The van der Waals surface area contributed by atoms with E-state index in [4.69, 9.17) is 4.74 Å². The first kappa shape index (κ1) is 23.0. The Kier molecular flexibility index (Phi) is 7.50. The van der Waals surface area contributed by atoms with E-state index in [0.29, 0.717) is 25.6 Å². The molecule has 0 radical (unpaired) electrons. The minimum absolute atomic E-state index is 0.125. The smallest absolute Gasteiger partial charge is 0.409 e. The van der Waals surface area contributed by atoms with Gasteiger partial charge >= 0.3 is 6.09 Å². The lowest BCUT2D eigenvalue weighted by Crippen LogP contribution is -2.61. The van der Waals surface area contributed by atoms with Gasteiger partial charge in [-0.15, -0.1) is 0 Å². The van der Waals surface area contributed by atoms with Crippen LogP contribution in [0, 0.1) is 5.92 Å². The number of carbonyl (C=O) groups is 3. The lowest BCUT2D eigenvalue weighted by Gasteiger charge is -2.43. The van der Waals surface area contributed by atoms with Gasteiger partial charge < -0.3 is 14.5 Å². The molecule has 0 aliphatic carbocycles. The summed E-state index contributed by atoms with van der Waals surface area (Å²) in [7, 11) is 4.91. The predicted octanol–water partition coefficient (Wildman–Crippen LogP) is 1.29. The Hall–Kier alpha value is -2.65. The highest BCUT2D eigenvalue weighted by Crippen LogP contribution is 2.31. The Bertz CT molecular complexity index is 779. The molecular weight excluding hydrogens is 400 g/mol. The molecule has 2 aliphatic rings. The molecule has 0 spiro atoms. The van der Waals surface area contributed by atoms with E-state index in [1.807, 2.05) is 23.1 Å². The van der Waals surface area contributed by atoms with Crippen molar-refractivity contribution in [1.82, 2.24) is 20.2 Å². The van der Waals surface area contributed by atoms with Crippen LogP contribution in [0.3, 0.4) is 0 Å². The van der Waals surface area contributed by atoms with E-state index < -0.39 is 30.1 Å². The van der Waals surface area contributed by atoms with Crippen molar-refractivity contribution in [2.24, 2.45) is 5.92 Å². The molecule has 0 bridgehead atoms. The van der Waals surface area contributed by atoms with Crippen molar-refractivity contribution in [3.8, 4) is 0 Å². The number of rotatable bonds is 4. The van der Waals surface area contributed by atoms with Gasteiger partial charge in [-0.25, -0.2) is 10.3 Å². The van der Waals surface area contributed by atoms with E-state index in [0.717, 1.165) is 12.8 Å². The molecule has 2 fully saturated rings. The molecule has 170 valence electrons. The second kappa shape index (κ2) is 10.1. The minimum atomic E-state index is -0.817. The molecule has 2 aliphatic heterocycles. The molecule has 9 heteroatoms. The maximum Gasteiger partial charge on any atom is 0.409 e. The predicted molar refractivity (Wildman–Crippen MR) is 113 cm³/mol. The molecule has 0 saturated carbocycles. The summed E-state index contributed by atoms with van der Waals surface area (Å²) in [5.41, 5.74) is 2.97. The Labute approximate surface area is 182 Å².